The highest BCUT2D eigenvalue weighted by Crippen LogP contribution is 2.19. The smallest absolute Gasteiger partial charge is 0.332 e. The summed E-state index contributed by atoms with van der Waals surface area (Å²) in [7, 11) is 0. The van der Waals surface area contributed by atoms with E-state index >= 15 is 0 Å². The van der Waals surface area contributed by atoms with Gasteiger partial charge in [-0.05, 0) is 25.0 Å². The first-order valence-electron chi connectivity index (χ1n) is 5.87. The average Bonchev–Trinajstić information content (AvgIpc) is 2.96. The maximum Gasteiger partial charge on any atom is 0.332 e. The Hall–Kier alpha value is -1.33. The molecular weight excluding hydrogens is 222 g/mol. The minimum Gasteiger partial charge on any atom is -0.479 e. The minimum absolute atomic E-state index is 0.0210. The van der Waals surface area contributed by atoms with E-state index in [1.54, 1.807) is 6.26 Å². The summed E-state index contributed by atoms with van der Waals surface area (Å²) in [4.78, 5) is 10.7. The number of ether oxygens (including phenoxy) is 1. The Bertz CT molecular complexity index is 349. The van der Waals surface area contributed by atoms with Crippen molar-refractivity contribution in [2.45, 2.75) is 31.5 Å². The second kappa shape index (κ2) is 5.84. The summed E-state index contributed by atoms with van der Waals surface area (Å²) >= 11 is 0. The van der Waals surface area contributed by atoms with Crippen LogP contribution in [0.2, 0.25) is 0 Å². The molecule has 0 aromatic carbocycles. The molecule has 5 nitrogen and oxygen atoms in total. The summed E-state index contributed by atoms with van der Waals surface area (Å²) in [6, 6.07) is 3.81. The Labute approximate surface area is 99.8 Å². The van der Waals surface area contributed by atoms with E-state index in [4.69, 9.17) is 14.3 Å². The molecule has 5 heteroatoms. The highest BCUT2D eigenvalue weighted by atomic mass is 16.5. The molecule has 1 aliphatic heterocycles. The zero-order chi connectivity index (χ0) is 12.1. The lowest BCUT2D eigenvalue weighted by Crippen LogP contribution is -2.30. The topological polar surface area (TPSA) is 71.7 Å². The first kappa shape index (κ1) is 12.1. The van der Waals surface area contributed by atoms with Crippen molar-refractivity contribution in [1.82, 2.24) is 5.32 Å². The van der Waals surface area contributed by atoms with Crippen LogP contribution >= 0.6 is 0 Å². The number of rotatable bonds is 6. The molecule has 2 atom stereocenters. The van der Waals surface area contributed by atoms with E-state index in [0.29, 0.717) is 13.0 Å². The fourth-order valence-corrected chi connectivity index (χ4v) is 1.97. The SMILES string of the molecule is O=C(O)C1CCC(CNCCc2ccco2)O1. The van der Waals surface area contributed by atoms with Gasteiger partial charge in [0.1, 0.15) is 5.76 Å². The molecular formula is C12H17NO4. The summed E-state index contributed by atoms with van der Waals surface area (Å²) in [5.41, 5.74) is 0. The van der Waals surface area contributed by atoms with Crippen LogP contribution < -0.4 is 5.32 Å². The third kappa shape index (κ3) is 3.57. The van der Waals surface area contributed by atoms with Gasteiger partial charge in [-0.25, -0.2) is 4.79 Å². The standard InChI is InChI=1S/C12H17NO4/c14-12(15)11-4-3-10(17-11)8-13-6-5-9-2-1-7-16-9/h1-2,7,10-11,13H,3-6,8H2,(H,14,15). The summed E-state index contributed by atoms with van der Waals surface area (Å²) in [6.45, 7) is 1.51. The van der Waals surface area contributed by atoms with Crippen molar-refractivity contribution in [3.05, 3.63) is 24.2 Å². The largest absolute Gasteiger partial charge is 0.479 e. The zero-order valence-corrected chi connectivity index (χ0v) is 9.59. The Morgan fingerprint density at radius 2 is 2.41 bits per heavy atom. The molecule has 94 valence electrons. The highest BCUT2D eigenvalue weighted by Gasteiger charge is 2.29. The van der Waals surface area contributed by atoms with E-state index < -0.39 is 12.1 Å². The first-order valence-corrected chi connectivity index (χ1v) is 5.87. The predicted molar refractivity (Wildman–Crippen MR) is 60.8 cm³/mol. The lowest BCUT2D eigenvalue weighted by molar-refractivity contribution is -0.149. The van der Waals surface area contributed by atoms with E-state index in [1.165, 1.54) is 0 Å². The van der Waals surface area contributed by atoms with Gasteiger partial charge < -0.3 is 19.6 Å². The first-order chi connectivity index (χ1) is 8.25. The fourth-order valence-electron chi connectivity index (χ4n) is 1.97. The van der Waals surface area contributed by atoms with Crippen LogP contribution in [0, 0.1) is 0 Å². The Kier molecular flexibility index (Phi) is 4.17. The van der Waals surface area contributed by atoms with E-state index in [2.05, 4.69) is 5.32 Å². The summed E-state index contributed by atoms with van der Waals surface area (Å²) < 4.78 is 10.6. The highest BCUT2D eigenvalue weighted by molar-refractivity contribution is 5.72. The molecule has 0 saturated carbocycles. The molecule has 17 heavy (non-hydrogen) atoms. The summed E-state index contributed by atoms with van der Waals surface area (Å²) in [5, 5.41) is 12.0. The third-order valence-electron chi connectivity index (χ3n) is 2.88. The van der Waals surface area contributed by atoms with Gasteiger partial charge in [-0.15, -0.1) is 0 Å². The fraction of sp³-hybridized carbons (Fsp3) is 0.583. The van der Waals surface area contributed by atoms with Crippen molar-refractivity contribution in [2.75, 3.05) is 13.1 Å². The monoisotopic (exact) mass is 239 g/mol. The van der Waals surface area contributed by atoms with Gasteiger partial charge in [0.15, 0.2) is 6.10 Å². The van der Waals surface area contributed by atoms with Crippen LogP contribution in [0.5, 0.6) is 0 Å². The van der Waals surface area contributed by atoms with Crippen molar-refractivity contribution in [1.29, 1.82) is 0 Å². The maximum atomic E-state index is 10.7. The maximum absolute atomic E-state index is 10.7. The lowest BCUT2D eigenvalue weighted by Gasteiger charge is -2.11. The van der Waals surface area contributed by atoms with Crippen LogP contribution in [-0.4, -0.2) is 36.4 Å². The number of carbonyl (C=O) groups is 1. The molecule has 1 aromatic heterocycles. The second-order valence-corrected chi connectivity index (χ2v) is 4.20. The Morgan fingerprint density at radius 3 is 3.06 bits per heavy atom. The number of nitrogens with one attached hydrogen (secondary N) is 1. The van der Waals surface area contributed by atoms with Crippen LogP contribution in [0.25, 0.3) is 0 Å². The third-order valence-corrected chi connectivity index (χ3v) is 2.88. The number of aliphatic carboxylic acids is 1. The van der Waals surface area contributed by atoms with Gasteiger partial charge in [-0.2, -0.15) is 0 Å². The zero-order valence-electron chi connectivity index (χ0n) is 9.59. The second-order valence-electron chi connectivity index (χ2n) is 4.20. The molecule has 1 saturated heterocycles. The molecule has 2 N–H and O–H groups in total. The molecule has 2 heterocycles. The molecule has 2 unspecified atom stereocenters. The van der Waals surface area contributed by atoms with Crippen LogP contribution in [0.1, 0.15) is 18.6 Å². The molecule has 1 aliphatic rings. The molecule has 0 bridgehead atoms. The van der Waals surface area contributed by atoms with E-state index in [1.807, 2.05) is 12.1 Å². The van der Waals surface area contributed by atoms with Gasteiger partial charge in [0, 0.05) is 19.5 Å². The summed E-state index contributed by atoms with van der Waals surface area (Å²) in [5.74, 6) is 0.0938. The van der Waals surface area contributed by atoms with E-state index in [0.717, 1.165) is 25.1 Å². The predicted octanol–water partition coefficient (Wildman–Crippen LogP) is 1.04. The molecule has 2 rings (SSSR count). The Morgan fingerprint density at radius 1 is 1.53 bits per heavy atom. The van der Waals surface area contributed by atoms with Crippen LogP contribution in [0.3, 0.4) is 0 Å². The number of carboxylic acid groups (broad SMARTS) is 1. The van der Waals surface area contributed by atoms with Crippen molar-refractivity contribution in [3.63, 3.8) is 0 Å². The number of hydrogen-bond acceptors (Lipinski definition) is 4. The Balaban J connectivity index is 1.59. The van der Waals surface area contributed by atoms with E-state index in [9.17, 15) is 4.79 Å². The molecule has 0 aliphatic carbocycles. The lowest BCUT2D eigenvalue weighted by atomic mass is 10.2. The quantitative estimate of drug-likeness (QED) is 0.726. The van der Waals surface area contributed by atoms with Gasteiger partial charge in [-0.3, -0.25) is 0 Å². The minimum atomic E-state index is -0.858. The normalized spacial score (nSPS) is 24.0. The van der Waals surface area contributed by atoms with Crippen molar-refractivity contribution in [3.8, 4) is 0 Å². The number of carboxylic acids is 1. The average molecular weight is 239 g/mol. The van der Waals surface area contributed by atoms with Gasteiger partial charge in [0.05, 0.1) is 12.4 Å². The van der Waals surface area contributed by atoms with Crippen LogP contribution in [0.4, 0.5) is 0 Å². The molecule has 1 aromatic rings. The molecule has 0 radical (unpaired) electrons. The molecule has 0 spiro atoms. The van der Waals surface area contributed by atoms with Gasteiger partial charge in [-0.1, -0.05) is 0 Å². The van der Waals surface area contributed by atoms with Gasteiger partial charge in [0.2, 0.25) is 0 Å². The number of hydrogen-bond donors (Lipinski definition) is 2. The molecule has 1 fully saturated rings. The van der Waals surface area contributed by atoms with Crippen molar-refractivity contribution >= 4 is 5.97 Å². The van der Waals surface area contributed by atoms with Crippen LogP contribution in [0.15, 0.2) is 22.8 Å². The van der Waals surface area contributed by atoms with Crippen molar-refractivity contribution < 1.29 is 19.1 Å². The molecule has 0 amide bonds. The van der Waals surface area contributed by atoms with Crippen LogP contribution in [-0.2, 0) is 16.0 Å². The van der Waals surface area contributed by atoms with Crippen molar-refractivity contribution in [2.24, 2.45) is 0 Å². The van der Waals surface area contributed by atoms with Gasteiger partial charge >= 0.3 is 5.97 Å². The summed E-state index contributed by atoms with van der Waals surface area (Å²) in [6.07, 6.45) is 3.32. The number of furan rings is 1. The van der Waals surface area contributed by atoms with Gasteiger partial charge in [0.25, 0.3) is 0 Å². The van der Waals surface area contributed by atoms with E-state index in [-0.39, 0.29) is 6.10 Å².